The van der Waals surface area contributed by atoms with E-state index >= 15 is 0 Å². The minimum atomic E-state index is -3.89. The van der Waals surface area contributed by atoms with E-state index in [9.17, 15) is 8.42 Å². The maximum Gasteiger partial charge on any atom is 0.285 e. The molecule has 0 spiro atoms. The van der Waals surface area contributed by atoms with E-state index < -0.39 is 16.0 Å². The second-order valence-electron chi connectivity index (χ2n) is 5.07. The highest BCUT2D eigenvalue weighted by molar-refractivity contribution is 8.21. The third-order valence-corrected chi connectivity index (χ3v) is 5.63. The van der Waals surface area contributed by atoms with Gasteiger partial charge in [-0.3, -0.25) is 0 Å². The van der Waals surface area contributed by atoms with E-state index in [4.69, 9.17) is 23.7 Å². The number of hydrogen-bond donors (Lipinski definition) is 2. The first kappa shape index (κ1) is 18.6. The van der Waals surface area contributed by atoms with E-state index in [1.54, 1.807) is 0 Å². The van der Waals surface area contributed by atoms with E-state index in [-0.39, 0.29) is 4.90 Å². The van der Waals surface area contributed by atoms with Gasteiger partial charge in [-0.05, 0) is 43.5 Å². The zero-order valence-electron chi connectivity index (χ0n) is 12.8. The maximum absolute atomic E-state index is 11.8. The molecule has 1 heterocycles. The van der Waals surface area contributed by atoms with Crippen LogP contribution in [0.1, 0.15) is 19.3 Å². The molecule has 4 N–H and O–H groups in total. The summed E-state index contributed by atoms with van der Waals surface area (Å²) in [4.78, 5) is 2.10. The van der Waals surface area contributed by atoms with Crippen molar-refractivity contribution in [2.75, 3.05) is 13.1 Å². The van der Waals surface area contributed by atoms with Gasteiger partial charge in [0.25, 0.3) is 10.0 Å². The molecule has 11 heteroatoms. The number of rotatable bonds is 4. The number of nitrogens with two attached hydrogens (primary N) is 2. The van der Waals surface area contributed by atoms with Crippen LogP contribution >= 0.6 is 24.2 Å². The first-order valence-corrected chi connectivity index (χ1v) is 9.83. The Hall–Kier alpha value is -1.72. The Morgan fingerprint density at radius 3 is 2.33 bits per heavy atom. The highest BCUT2D eigenvalue weighted by atomic mass is 32.2. The molecule has 0 atom stereocenters. The predicted octanol–water partition coefficient (Wildman–Crippen LogP) is 2.15. The average Bonchev–Trinajstić information content (AvgIpc) is 2.55. The SMILES string of the molecule is NC(N)=NS(=O)(=O)c1ccc(N=NSC(=S)N2CCCCC2)cc1. The zero-order valence-corrected chi connectivity index (χ0v) is 15.3. The Morgan fingerprint density at radius 2 is 1.75 bits per heavy atom. The summed E-state index contributed by atoms with van der Waals surface area (Å²) in [6.07, 6.45) is 3.52. The number of thiocarbonyl (C=S) groups is 1. The lowest BCUT2D eigenvalue weighted by Gasteiger charge is -2.27. The lowest BCUT2D eigenvalue weighted by Crippen LogP contribution is -2.32. The number of benzene rings is 1. The number of guanidine groups is 1. The summed E-state index contributed by atoms with van der Waals surface area (Å²) in [5.41, 5.74) is 10.7. The monoisotopic (exact) mass is 386 g/mol. The molecule has 130 valence electrons. The fourth-order valence-electron chi connectivity index (χ4n) is 2.11. The normalized spacial score (nSPS) is 15.4. The zero-order chi connectivity index (χ0) is 17.6. The van der Waals surface area contributed by atoms with Gasteiger partial charge in [0.1, 0.15) is 0 Å². The van der Waals surface area contributed by atoms with E-state index in [1.165, 1.54) is 30.7 Å². The fraction of sp³-hybridized carbons (Fsp3) is 0.385. The van der Waals surface area contributed by atoms with Crippen molar-refractivity contribution < 1.29 is 8.42 Å². The molecule has 0 unspecified atom stereocenters. The van der Waals surface area contributed by atoms with Gasteiger partial charge in [0.15, 0.2) is 4.32 Å². The molecule has 24 heavy (non-hydrogen) atoms. The van der Waals surface area contributed by atoms with E-state index in [2.05, 4.69) is 18.9 Å². The molecule has 1 saturated heterocycles. The standard InChI is InChI=1S/C13H18N6O2S3/c14-12(15)17-24(20,21)11-6-4-10(5-7-11)16-18-23-13(22)19-8-2-1-3-9-19/h4-7H,1-3,8-9H2,(H4,14,15,17). The highest BCUT2D eigenvalue weighted by Crippen LogP contribution is 2.22. The van der Waals surface area contributed by atoms with Gasteiger partial charge in [-0.15, -0.1) is 14.0 Å². The van der Waals surface area contributed by atoms with Crippen molar-refractivity contribution >= 4 is 50.2 Å². The summed E-state index contributed by atoms with van der Waals surface area (Å²) < 4.78 is 31.5. The van der Waals surface area contributed by atoms with Gasteiger partial charge in [0.2, 0.25) is 5.96 Å². The summed E-state index contributed by atoms with van der Waals surface area (Å²) in [5.74, 6) is -0.513. The largest absolute Gasteiger partial charge is 0.369 e. The summed E-state index contributed by atoms with van der Waals surface area (Å²) in [5, 5.41) is 4.02. The van der Waals surface area contributed by atoms with Crippen molar-refractivity contribution in [2.45, 2.75) is 24.2 Å². The number of piperidine rings is 1. The van der Waals surface area contributed by atoms with Crippen LogP contribution in [0.2, 0.25) is 0 Å². The molecule has 1 aliphatic rings. The Labute approximate surface area is 150 Å². The molecule has 0 bridgehead atoms. The van der Waals surface area contributed by atoms with Gasteiger partial charge in [-0.2, -0.15) is 8.42 Å². The Bertz CT molecular complexity index is 735. The Morgan fingerprint density at radius 1 is 1.12 bits per heavy atom. The van der Waals surface area contributed by atoms with E-state index in [0.717, 1.165) is 37.9 Å². The molecule has 0 aromatic heterocycles. The van der Waals surface area contributed by atoms with Gasteiger partial charge >= 0.3 is 0 Å². The quantitative estimate of drug-likeness (QED) is 0.267. The lowest BCUT2D eigenvalue weighted by molar-refractivity contribution is 0.352. The van der Waals surface area contributed by atoms with Gasteiger partial charge in [-0.1, -0.05) is 12.2 Å². The van der Waals surface area contributed by atoms with Crippen LogP contribution in [0.15, 0.2) is 43.2 Å². The Balaban J connectivity index is 1.96. The van der Waals surface area contributed by atoms with Crippen molar-refractivity contribution in [3.8, 4) is 0 Å². The molecule has 0 amide bonds. The Kier molecular flexibility index (Phi) is 6.52. The molecular formula is C13H18N6O2S3. The van der Waals surface area contributed by atoms with Crippen LogP contribution in [0.25, 0.3) is 0 Å². The molecule has 8 nitrogen and oxygen atoms in total. The molecule has 1 aromatic carbocycles. The van der Waals surface area contributed by atoms with Crippen LogP contribution < -0.4 is 11.5 Å². The fourth-order valence-corrected chi connectivity index (χ4v) is 3.76. The van der Waals surface area contributed by atoms with Crippen LogP contribution in [0, 0.1) is 0 Å². The van der Waals surface area contributed by atoms with Gasteiger partial charge < -0.3 is 16.4 Å². The average molecular weight is 387 g/mol. The third-order valence-electron chi connectivity index (χ3n) is 3.25. The molecule has 1 fully saturated rings. The van der Waals surface area contributed by atoms with Crippen LogP contribution in [0.5, 0.6) is 0 Å². The maximum atomic E-state index is 11.8. The second kappa shape index (κ2) is 8.40. The molecule has 1 aromatic rings. The summed E-state index contributed by atoms with van der Waals surface area (Å²) >= 11 is 6.45. The number of hydrogen-bond acceptors (Lipinski definition) is 6. The van der Waals surface area contributed by atoms with Crippen molar-refractivity contribution in [3.63, 3.8) is 0 Å². The summed E-state index contributed by atoms with van der Waals surface area (Å²) in [7, 11) is -3.89. The topological polar surface area (TPSA) is 126 Å². The molecule has 0 radical (unpaired) electrons. The van der Waals surface area contributed by atoms with E-state index in [1.807, 2.05) is 0 Å². The highest BCUT2D eigenvalue weighted by Gasteiger charge is 2.14. The van der Waals surface area contributed by atoms with Gasteiger partial charge in [0, 0.05) is 13.1 Å². The van der Waals surface area contributed by atoms with Crippen molar-refractivity contribution in [1.82, 2.24) is 4.90 Å². The molecule has 0 aliphatic carbocycles. The molecule has 1 aliphatic heterocycles. The summed E-state index contributed by atoms with van der Waals surface area (Å²) in [6.45, 7) is 1.91. The molecule has 0 saturated carbocycles. The third kappa shape index (κ3) is 5.42. The number of sulfonamides is 1. The first-order chi connectivity index (χ1) is 11.4. The van der Waals surface area contributed by atoms with Gasteiger partial charge in [-0.25, -0.2) is 0 Å². The lowest BCUT2D eigenvalue weighted by atomic mass is 10.1. The predicted molar refractivity (Wildman–Crippen MR) is 99.6 cm³/mol. The second-order valence-corrected chi connectivity index (χ2v) is 8.05. The molecule has 2 rings (SSSR count). The van der Waals surface area contributed by atoms with Gasteiger partial charge in [0.05, 0.1) is 22.5 Å². The van der Waals surface area contributed by atoms with Crippen molar-refractivity contribution in [3.05, 3.63) is 24.3 Å². The minimum absolute atomic E-state index is 0.0219. The first-order valence-electron chi connectivity index (χ1n) is 7.21. The van der Waals surface area contributed by atoms with Crippen molar-refractivity contribution in [1.29, 1.82) is 0 Å². The van der Waals surface area contributed by atoms with Crippen molar-refractivity contribution in [2.24, 2.45) is 25.5 Å². The number of likely N-dealkylation sites (tertiary alicyclic amines) is 1. The van der Waals surface area contributed by atoms with Crippen LogP contribution in [0.4, 0.5) is 5.69 Å². The molecular weight excluding hydrogens is 368 g/mol. The minimum Gasteiger partial charge on any atom is -0.369 e. The van der Waals surface area contributed by atoms with E-state index in [0.29, 0.717) is 10.0 Å². The van der Waals surface area contributed by atoms with Crippen LogP contribution in [0.3, 0.4) is 0 Å². The summed E-state index contributed by atoms with van der Waals surface area (Å²) in [6, 6.07) is 5.76. The van der Waals surface area contributed by atoms with Crippen LogP contribution in [-0.2, 0) is 10.0 Å². The van der Waals surface area contributed by atoms with Crippen LogP contribution in [-0.4, -0.2) is 36.7 Å². The number of nitrogens with zero attached hydrogens (tertiary/aromatic N) is 4. The smallest absolute Gasteiger partial charge is 0.285 e.